The number of halogens is 2. The Hall–Kier alpha value is -2.75. The molecule has 2 aromatic carbocycles. The smallest absolute Gasteiger partial charge is 0.266 e. The first-order valence-electron chi connectivity index (χ1n) is 8.93. The predicted molar refractivity (Wildman–Crippen MR) is 114 cm³/mol. The van der Waals surface area contributed by atoms with Crippen LogP contribution in [0.2, 0.25) is 0 Å². The highest BCUT2D eigenvalue weighted by Gasteiger charge is 2.22. The van der Waals surface area contributed by atoms with Gasteiger partial charge in [-0.3, -0.25) is 4.79 Å². The van der Waals surface area contributed by atoms with E-state index in [1.165, 1.54) is 48.4 Å². The summed E-state index contributed by atoms with van der Waals surface area (Å²) in [6, 6.07) is 8.87. The number of carbonyl (C=O) groups excluding carboxylic acids is 1. The Balaban J connectivity index is 1.71. The van der Waals surface area contributed by atoms with E-state index in [9.17, 15) is 13.6 Å². The number of rotatable bonds is 6. The molecule has 2 aromatic heterocycles. The minimum atomic E-state index is -0.478. The Kier molecular flexibility index (Phi) is 5.85. The molecule has 9 heteroatoms. The third-order valence-electron chi connectivity index (χ3n) is 4.43. The number of amides is 1. The van der Waals surface area contributed by atoms with Crippen molar-refractivity contribution in [3.63, 3.8) is 0 Å². The Labute approximate surface area is 179 Å². The minimum Gasteiger partial charge on any atom is -0.380 e. The lowest BCUT2D eigenvalue weighted by Gasteiger charge is -2.11. The van der Waals surface area contributed by atoms with Crippen LogP contribution in [0.25, 0.3) is 10.1 Å². The molecule has 0 aliphatic heterocycles. The molecular weight excluding hydrogens is 428 g/mol. The molecule has 2 heterocycles. The van der Waals surface area contributed by atoms with Gasteiger partial charge in [0, 0.05) is 47.1 Å². The summed E-state index contributed by atoms with van der Waals surface area (Å²) >= 11 is 2.48. The molecule has 5 nitrogen and oxygen atoms in total. The second kappa shape index (κ2) is 8.55. The van der Waals surface area contributed by atoms with E-state index in [0.29, 0.717) is 36.3 Å². The number of thiophene rings is 1. The molecule has 1 amide bonds. The zero-order chi connectivity index (χ0) is 21.3. The fraction of sp³-hybridized carbons (Fsp3) is 0.143. The van der Waals surface area contributed by atoms with Gasteiger partial charge in [0.1, 0.15) is 11.6 Å². The maximum Gasteiger partial charge on any atom is 0.266 e. The molecule has 4 aromatic rings. The number of aryl methyl sites for hydroxylation is 1. The first kappa shape index (κ1) is 20.5. The maximum absolute atomic E-state index is 14.4. The van der Waals surface area contributed by atoms with Gasteiger partial charge in [-0.15, -0.1) is 11.3 Å². The second-order valence-electron chi connectivity index (χ2n) is 6.47. The van der Waals surface area contributed by atoms with Gasteiger partial charge < -0.3 is 14.6 Å². The van der Waals surface area contributed by atoms with Gasteiger partial charge in [-0.2, -0.15) is 0 Å². The van der Waals surface area contributed by atoms with Gasteiger partial charge in [-0.25, -0.2) is 13.8 Å². The molecular formula is C21H17F2N3O2S2. The topological polar surface area (TPSA) is 56.1 Å². The zero-order valence-corrected chi connectivity index (χ0v) is 17.7. The molecule has 1 N–H and O–H groups in total. The standard InChI is InChI=1S/C21H17F2N3O2S2/c1-26-9-8-24-21(26)30-16-7-6-12(22)10-15(16)25-20(27)19-13(11-28-2)18-14(23)4-3-5-17(18)29-19/h3-10H,11H2,1-2H3,(H,25,27). The van der Waals surface area contributed by atoms with Gasteiger partial charge in [0.2, 0.25) is 0 Å². The quantitative estimate of drug-likeness (QED) is 0.428. The van der Waals surface area contributed by atoms with Crippen LogP contribution in [0, 0.1) is 11.6 Å². The van der Waals surface area contributed by atoms with Crippen molar-refractivity contribution >= 4 is 44.8 Å². The first-order chi connectivity index (χ1) is 14.5. The molecule has 0 radical (unpaired) electrons. The van der Waals surface area contributed by atoms with E-state index in [1.807, 2.05) is 11.6 Å². The lowest BCUT2D eigenvalue weighted by Crippen LogP contribution is -2.13. The van der Waals surface area contributed by atoms with Crippen molar-refractivity contribution in [2.45, 2.75) is 16.7 Å². The van der Waals surface area contributed by atoms with Gasteiger partial charge in [0.15, 0.2) is 5.16 Å². The molecule has 0 saturated carbocycles. The molecule has 154 valence electrons. The average Bonchev–Trinajstić information content (AvgIpc) is 3.29. The number of anilines is 1. The van der Waals surface area contributed by atoms with E-state index < -0.39 is 17.5 Å². The van der Waals surface area contributed by atoms with Crippen LogP contribution < -0.4 is 5.32 Å². The molecule has 0 atom stereocenters. The number of ether oxygens (including phenoxy) is 1. The highest BCUT2D eigenvalue weighted by Crippen LogP contribution is 2.36. The SMILES string of the molecule is COCc1c(C(=O)Nc2cc(F)ccc2Sc2nccn2C)sc2cccc(F)c12. The number of carbonyl (C=O) groups is 1. The van der Waals surface area contributed by atoms with Crippen molar-refractivity contribution in [3.05, 3.63) is 70.9 Å². The van der Waals surface area contributed by atoms with Gasteiger partial charge in [-0.05, 0) is 42.1 Å². The van der Waals surface area contributed by atoms with Crippen LogP contribution in [0.5, 0.6) is 0 Å². The number of imidazole rings is 1. The summed E-state index contributed by atoms with van der Waals surface area (Å²) in [6.45, 7) is 0.0850. The van der Waals surface area contributed by atoms with Crippen molar-refractivity contribution < 1.29 is 18.3 Å². The van der Waals surface area contributed by atoms with Gasteiger partial charge in [-0.1, -0.05) is 6.07 Å². The van der Waals surface area contributed by atoms with Gasteiger partial charge >= 0.3 is 0 Å². The molecule has 4 rings (SSSR count). The molecule has 0 bridgehead atoms. The lowest BCUT2D eigenvalue weighted by atomic mass is 10.1. The predicted octanol–water partition coefficient (Wildman–Crippen LogP) is 5.46. The second-order valence-corrected chi connectivity index (χ2v) is 8.53. The molecule has 0 aliphatic rings. The lowest BCUT2D eigenvalue weighted by molar-refractivity contribution is 0.102. The third kappa shape index (κ3) is 3.96. The van der Waals surface area contributed by atoms with Crippen LogP contribution >= 0.6 is 23.1 Å². The maximum atomic E-state index is 14.4. The number of hydrogen-bond donors (Lipinski definition) is 1. The summed E-state index contributed by atoms with van der Waals surface area (Å²) in [4.78, 5) is 18.3. The largest absolute Gasteiger partial charge is 0.380 e. The van der Waals surface area contributed by atoms with E-state index in [4.69, 9.17) is 4.74 Å². The van der Waals surface area contributed by atoms with Crippen LogP contribution in [0.15, 0.2) is 58.8 Å². The van der Waals surface area contributed by atoms with Crippen molar-refractivity contribution in [2.75, 3.05) is 12.4 Å². The molecule has 0 saturated heterocycles. The number of methoxy groups -OCH3 is 1. The summed E-state index contributed by atoms with van der Waals surface area (Å²) in [6.07, 6.45) is 3.46. The summed E-state index contributed by atoms with van der Waals surface area (Å²) < 4.78 is 36.0. The normalized spacial score (nSPS) is 11.2. The molecule has 30 heavy (non-hydrogen) atoms. The zero-order valence-electron chi connectivity index (χ0n) is 16.1. The molecule has 0 fully saturated rings. The highest BCUT2D eigenvalue weighted by molar-refractivity contribution is 7.99. The number of hydrogen-bond acceptors (Lipinski definition) is 5. The summed E-state index contributed by atoms with van der Waals surface area (Å²) in [5, 5.41) is 3.84. The monoisotopic (exact) mass is 445 g/mol. The van der Waals surface area contributed by atoms with Crippen molar-refractivity contribution in [3.8, 4) is 0 Å². The van der Waals surface area contributed by atoms with Crippen LogP contribution in [-0.4, -0.2) is 22.6 Å². The van der Waals surface area contributed by atoms with Gasteiger partial charge in [0.25, 0.3) is 5.91 Å². The Morgan fingerprint density at radius 3 is 2.87 bits per heavy atom. The Morgan fingerprint density at radius 1 is 1.30 bits per heavy atom. The van der Waals surface area contributed by atoms with Crippen molar-refractivity contribution in [1.29, 1.82) is 0 Å². The Bertz CT molecular complexity index is 1240. The van der Waals surface area contributed by atoms with E-state index >= 15 is 0 Å². The van der Waals surface area contributed by atoms with E-state index in [1.54, 1.807) is 30.6 Å². The van der Waals surface area contributed by atoms with Crippen LogP contribution in [0.1, 0.15) is 15.2 Å². The fourth-order valence-corrected chi connectivity index (χ4v) is 5.04. The number of aromatic nitrogens is 2. The third-order valence-corrected chi connectivity index (χ3v) is 6.77. The fourth-order valence-electron chi connectivity index (χ4n) is 3.05. The van der Waals surface area contributed by atoms with Crippen LogP contribution in [0.3, 0.4) is 0 Å². The number of nitrogens with zero attached hydrogens (tertiary/aromatic N) is 2. The van der Waals surface area contributed by atoms with Crippen molar-refractivity contribution in [2.24, 2.45) is 7.05 Å². The average molecular weight is 446 g/mol. The molecule has 0 unspecified atom stereocenters. The summed E-state index contributed by atoms with van der Waals surface area (Å²) in [7, 11) is 3.33. The van der Waals surface area contributed by atoms with Crippen LogP contribution in [-0.2, 0) is 18.4 Å². The van der Waals surface area contributed by atoms with Crippen LogP contribution in [0.4, 0.5) is 14.5 Å². The number of benzene rings is 2. The summed E-state index contributed by atoms with van der Waals surface area (Å²) in [5.74, 6) is -1.34. The van der Waals surface area contributed by atoms with E-state index in [-0.39, 0.29) is 6.61 Å². The molecule has 0 spiro atoms. The minimum absolute atomic E-state index is 0.0850. The van der Waals surface area contributed by atoms with Gasteiger partial charge in [0.05, 0.1) is 17.2 Å². The Morgan fingerprint density at radius 2 is 2.13 bits per heavy atom. The number of fused-ring (bicyclic) bond motifs is 1. The van der Waals surface area contributed by atoms with E-state index in [0.717, 1.165) is 0 Å². The van der Waals surface area contributed by atoms with E-state index in [2.05, 4.69) is 10.3 Å². The highest BCUT2D eigenvalue weighted by atomic mass is 32.2. The molecule has 0 aliphatic carbocycles. The summed E-state index contributed by atoms with van der Waals surface area (Å²) in [5.41, 5.74) is 0.789. The first-order valence-corrected chi connectivity index (χ1v) is 10.6. The number of nitrogens with one attached hydrogen (secondary N) is 1. The van der Waals surface area contributed by atoms with Crippen molar-refractivity contribution in [1.82, 2.24) is 9.55 Å².